The second kappa shape index (κ2) is 4.85. The number of rotatable bonds is 3. The molecule has 2 atom stereocenters. The lowest BCUT2D eigenvalue weighted by atomic mass is 9.79. The molecule has 1 heterocycles. The Morgan fingerprint density at radius 3 is 2.35 bits per heavy atom. The van der Waals surface area contributed by atoms with Gasteiger partial charge in [0.2, 0.25) is 11.8 Å². The van der Waals surface area contributed by atoms with Crippen LogP contribution in [0.1, 0.15) is 38.5 Å². The third-order valence-corrected chi connectivity index (χ3v) is 3.80. The van der Waals surface area contributed by atoms with Crippen LogP contribution in [0.15, 0.2) is 0 Å². The number of hydrogen-bond acceptors (Lipinski definition) is 3. The summed E-state index contributed by atoms with van der Waals surface area (Å²) in [5.74, 6) is -1.56. The summed E-state index contributed by atoms with van der Waals surface area (Å²) in [6.07, 6.45) is 3.94. The lowest BCUT2D eigenvalue weighted by Crippen LogP contribution is -2.39. The fourth-order valence-electron chi connectivity index (χ4n) is 2.81. The van der Waals surface area contributed by atoms with Gasteiger partial charge in [-0.3, -0.25) is 19.3 Å². The Balaban J connectivity index is 2.03. The number of amides is 2. The minimum atomic E-state index is -0.797. The van der Waals surface area contributed by atoms with Gasteiger partial charge in [0.1, 0.15) is 0 Å². The highest BCUT2D eigenvalue weighted by atomic mass is 16.4. The van der Waals surface area contributed by atoms with Crippen molar-refractivity contribution >= 4 is 17.8 Å². The van der Waals surface area contributed by atoms with Crippen LogP contribution in [0.25, 0.3) is 0 Å². The summed E-state index contributed by atoms with van der Waals surface area (Å²) >= 11 is 0. The van der Waals surface area contributed by atoms with Crippen molar-refractivity contribution in [3.63, 3.8) is 0 Å². The van der Waals surface area contributed by atoms with Crippen LogP contribution in [0, 0.1) is 11.8 Å². The Morgan fingerprint density at radius 2 is 1.76 bits per heavy atom. The summed E-state index contributed by atoms with van der Waals surface area (Å²) in [6.45, 7) is 0.300. The first-order chi connectivity index (χ1) is 8.09. The quantitative estimate of drug-likeness (QED) is 0.746. The zero-order valence-corrected chi connectivity index (χ0v) is 9.72. The van der Waals surface area contributed by atoms with Crippen LogP contribution in [0.2, 0.25) is 0 Å². The molecule has 2 rings (SSSR count). The number of carboxylic acids is 1. The molecule has 5 nitrogen and oxygen atoms in total. The van der Waals surface area contributed by atoms with E-state index >= 15 is 0 Å². The van der Waals surface area contributed by atoms with E-state index in [1.165, 1.54) is 4.90 Å². The van der Waals surface area contributed by atoms with Gasteiger partial charge in [-0.25, -0.2) is 0 Å². The Bertz CT molecular complexity index is 336. The van der Waals surface area contributed by atoms with Crippen molar-refractivity contribution in [3.05, 3.63) is 0 Å². The van der Waals surface area contributed by atoms with E-state index in [0.29, 0.717) is 13.0 Å². The van der Waals surface area contributed by atoms with Gasteiger partial charge in [0.25, 0.3) is 0 Å². The average molecular weight is 239 g/mol. The normalized spacial score (nSPS) is 29.8. The van der Waals surface area contributed by atoms with Gasteiger partial charge in [0.15, 0.2) is 0 Å². The van der Waals surface area contributed by atoms with Crippen molar-refractivity contribution in [1.82, 2.24) is 4.90 Å². The molecule has 0 spiro atoms. The standard InChI is InChI=1S/C12H17NO4/c14-10-5-6-11(15)13(10)7-8-3-1-2-4-9(8)12(16)17/h8-9H,1-7H2,(H,16,17). The monoisotopic (exact) mass is 239 g/mol. The van der Waals surface area contributed by atoms with E-state index in [-0.39, 0.29) is 30.6 Å². The van der Waals surface area contributed by atoms with Gasteiger partial charge in [0, 0.05) is 19.4 Å². The molecule has 94 valence electrons. The second-order valence-electron chi connectivity index (χ2n) is 4.89. The number of imide groups is 1. The first-order valence-electron chi connectivity index (χ1n) is 6.15. The maximum absolute atomic E-state index is 11.5. The number of likely N-dealkylation sites (tertiary alicyclic amines) is 1. The third kappa shape index (κ3) is 2.48. The zero-order chi connectivity index (χ0) is 12.4. The molecule has 0 aromatic rings. The average Bonchev–Trinajstić information content (AvgIpc) is 2.61. The predicted octanol–water partition coefficient (Wildman–Crippen LogP) is 1.03. The first kappa shape index (κ1) is 12.1. The fraction of sp³-hybridized carbons (Fsp3) is 0.750. The number of hydrogen-bond donors (Lipinski definition) is 1. The predicted molar refractivity (Wildman–Crippen MR) is 59.0 cm³/mol. The molecule has 5 heteroatoms. The molecule has 1 N–H and O–H groups in total. The van der Waals surface area contributed by atoms with Crippen molar-refractivity contribution in [1.29, 1.82) is 0 Å². The number of carbonyl (C=O) groups excluding carboxylic acids is 2. The Kier molecular flexibility index (Phi) is 3.45. The van der Waals surface area contributed by atoms with Crippen LogP contribution < -0.4 is 0 Å². The van der Waals surface area contributed by atoms with Crippen molar-refractivity contribution in [2.24, 2.45) is 11.8 Å². The Labute approximate surface area is 99.8 Å². The van der Waals surface area contributed by atoms with Crippen molar-refractivity contribution < 1.29 is 19.5 Å². The molecule has 0 aromatic carbocycles. The van der Waals surface area contributed by atoms with Gasteiger partial charge in [-0.05, 0) is 18.8 Å². The minimum absolute atomic E-state index is 0.0627. The smallest absolute Gasteiger partial charge is 0.306 e. The second-order valence-corrected chi connectivity index (χ2v) is 4.89. The Hall–Kier alpha value is -1.39. The van der Waals surface area contributed by atoms with Crippen LogP contribution in [0.4, 0.5) is 0 Å². The summed E-state index contributed by atoms with van der Waals surface area (Å²) in [6, 6.07) is 0. The third-order valence-electron chi connectivity index (χ3n) is 3.80. The van der Waals surface area contributed by atoms with Gasteiger partial charge in [-0.2, -0.15) is 0 Å². The van der Waals surface area contributed by atoms with Crippen LogP contribution >= 0.6 is 0 Å². The molecule has 1 saturated carbocycles. The molecule has 2 amide bonds. The lowest BCUT2D eigenvalue weighted by Gasteiger charge is -2.31. The molecule has 2 aliphatic rings. The van der Waals surface area contributed by atoms with E-state index in [4.69, 9.17) is 5.11 Å². The fourth-order valence-corrected chi connectivity index (χ4v) is 2.81. The molecular formula is C12H17NO4. The molecule has 1 saturated heterocycles. The van der Waals surface area contributed by atoms with Gasteiger partial charge in [-0.1, -0.05) is 12.8 Å². The van der Waals surface area contributed by atoms with Gasteiger partial charge in [-0.15, -0.1) is 0 Å². The maximum atomic E-state index is 11.5. The zero-order valence-electron chi connectivity index (χ0n) is 9.72. The molecule has 0 bridgehead atoms. The van der Waals surface area contributed by atoms with Gasteiger partial charge < -0.3 is 5.11 Å². The van der Waals surface area contributed by atoms with E-state index in [1.54, 1.807) is 0 Å². The summed E-state index contributed by atoms with van der Waals surface area (Å²) < 4.78 is 0. The molecule has 2 fully saturated rings. The highest BCUT2D eigenvalue weighted by Gasteiger charge is 2.36. The summed E-state index contributed by atoms with van der Waals surface area (Å²) in [5, 5.41) is 9.13. The molecular weight excluding hydrogens is 222 g/mol. The number of nitrogens with zero attached hydrogens (tertiary/aromatic N) is 1. The number of carbonyl (C=O) groups is 3. The largest absolute Gasteiger partial charge is 0.481 e. The molecule has 0 radical (unpaired) electrons. The van der Waals surface area contributed by atoms with E-state index < -0.39 is 11.9 Å². The maximum Gasteiger partial charge on any atom is 0.306 e. The van der Waals surface area contributed by atoms with E-state index in [2.05, 4.69) is 0 Å². The highest BCUT2D eigenvalue weighted by molar-refractivity contribution is 6.01. The van der Waals surface area contributed by atoms with Gasteiger partial charge in [0.05, 0.1) is 5.92 Å². The number of carboxylic acid groups (broad SMARTS) is 1. The lowest BCUT2D eigenvalue weighted by molar-refractivity contribution is -0.148. The van der Waals surface area contributed by atoms with E-state index in [1.807, 2.05) is 0 Å². The van der Waals surface area contributed by atoms with Crippen LogP contribution in [0.5, 0.6) is 0 Å². The van der Waals surface area contributed by atoms with Crippen LogP contribution in [-0.2, 0) is 14.4 Å². The summed E-state index contributed by atoms with van der Waals surface area (Å²) in [5.41, 5.74) is 0. The van der Waals surface area contributed by atoms with Crippen molar-refractivity contribution in [2.75, 3.05) is 6.54 Å². The SMILES string of the molecule is O=C(O)C1CCCCC1CN1C(=O)CCC1=O. The van der Waals surface area contributed by atoms with Crippen molar-refractivity contribution in [2.45, 2.75) is 38.5 Å². The number of aliphatic carboxylic acids is 1. The first-order valence-corrected chi connectivity index (χ1v) is 6.15. The molecule has 0 aromatic heterocycles. The molecule has 1 aliphatic heterocycles. The van der Waals surface area contributed by atoms with Crippen LogP contribution in [-0.4, -0.2) is 34.3 Å². The summed E-state index contributed by atoms with van der Waals surface area (Å²) in [7, 11) is 0. The molecule has 17 heavy (non-hydrogen) atoms. The topological polar surface area (TPSA) is 74.7 Å². The highest BCUT2D eigenvalue weighted by Crippen LogP contribution is 2.32. The molecule has 1 aliphatic carbocycles. The van der Waals surface area contributed by atoms with E-state index in [9.17, 15) is 14.4 Å². The van der Waals surface area contributed by atoms with Crippen molar-refractivity contribution in [3.8, 4) is 0 Å². The summed E-state index contributed by atoms with van der Waals surface area (Å²) in [4.78, 5) is 35.4. The van der Waals surface area contributed by atoms with Gasteiger partial charge >= 0.3 is 5.97 Å². The Morgan fingerprint density at radius 1 is 1.18 bits per heavy atom. The van der Waals surface area contributed by atoms with Crippen LogP contribution in [0.3, 0.4) is 0 Å². The minimum Gasteiger partial charge on any atom is -0.481 e. The van der Waals surface area contributed by atoms with E-state index in [0.717, 1.165) is 19.3 Å². The molecule has 2 unspecified atom stereocenters.